The van der Waals surface area contributed by atoms with Gasteiger partial charge in [-0.1, -0.05) is 0 Å². The molecule has 0 aliphatic carbocycles. The van der Waals surface area contributed by atoms with Gasteiger partial charge in [-0.15, -0.1) is 17.0 Å². The fraction of sp³-hybridized carbons (Fsp3) is 0.308. The van der Waals surface area contributed by atoms with Crippen LogP contribution in [-0.2, 0) is 27.3 Å². The molecule has 2 rings (SSSR count). The first-order valence-corrected chi connectivity index (χ1v) is 6.43. The van der Waals surface area contributed by atoms with Crippen molar-refractivity contribution in [3.63, 3.8) is 0 Å². The lowest BCUT2D eigenvalue weighted by Gasteiger charge is -2.22. The van der Waals surface area contributed by atoms with Crippen molar-refractivity contribution in [3.05, 3.63) is 33.4 Å². The number of carboxylic acid groups (broad SMARTS) is 1. The van der Waals surface area contributed by atoms with Crippen molar-refractivity contribution in [2.24, 2.45) is 0 Å². The molecule has 0 bridgehead atoms. The third kappa shape index (κ3) is 3.92. The SMILES string of the molecule is Br.C[C@](F)(NCc1cc([N+](=O)[O-])cc2c1CC(=O)C(=O)N2)C(=O)O. The second-order valence-electron chi connectivity index (χ2n) is 5.10. The van der Waals surface area contributed by atoms with Crippen LogP contribution in [0.2, 0.25) is 0 Å². The number of halogens is 2. The number of amides is 1. The van der Waals surface area contributed by atoms with E-state index in [4.69, 9.17) is 5.11 Å². The van der Waals surface area contributed by atoms with Gasteiger partial charge in [0.15, 0.2) is 0 Å². The smallest absolute Gasteiger partial charge is 0.356 e. The molecule has 11 heteroatoms. The minimum atomic E-state index is -2.75. The minimum absolute atomic E-state index is 0. The molecule has 9 nitrogen and oxygen atoms in total. The van der Waals surface area contributed by atoms with Gasteiger partial charge in [0, 0.05) is 25.1 Å². The van der Waals surface area contributed by atoms with Crippen molar-refractivity contribution in [3.8, 4) is 0 Å². The monoisotopic (exact) mass is 405 g/mol. The van der Waals surface area contributed by atoms with E-state index in [1.165, 1.54) is 0 Å². The summed E-state index contributed by atoms with van der Waals surface area (Å²) in [6, 6.07) is 2.20. The van der Waals surface area contributed by atoms with E-state index in [-0.39, 0.29) is 52.4 Å². The lowest BCUT2D eigenvalue weighted by atomic mass is 9.95. The third-order valence-corrected chi connectivity index (χ3v) is 3.39. The molecule has 0 unspecified atom stereocenters. The van der Waals surface area contributed by atoms with Gasteiger partial charge in [0.25, 0.3) is 17.4 Å². The lowest BCUT2D eigenvalue weighted by Crippen LogP contribution is -2.45. The van der Waals surface area contributed by atoms with Gasteiger partial charge in [-0.05, 0) is 18.1 Å². The van der Waals surface area contributed by atoms with Crippen molar-refractivity contribution >= 4 is 46.0 Å². The second kappa shape index (κ2) is 7.01. The molecule has 0 saturated carbocycles. The van der Waals surface area contributed by atoms with Gasteiger partial charge in [-0.25, -0.2) is 9.18 Å². The van der Waals surface area contributed by atoms with Crippen LogP contribution in [0.1, 0.15) is 18.1 Å². The Balaban J connectivity index is 0.00000288. The number of alkyl halides is 1. The number of hydrogen-bond acceptors (Lipinski definition) is 6. The molecule has 1 atom stereocenters. The zero-order chi connectivity index (χ0) is 17.4. The Bertz CT molecular complexity index is 737. The van der Waals surface area contributed by atoms with Crippen LogP contribution in [0.25, 0.3) is 0 Å². The number of Topliss-reactive ketones (excluding diaryl/α,β-unsaturated/α-hetero) is 1. The number of non-ortho nitro benzene ring substituents is 1. The Labute approximate surface area is 145 Å². The summed E-state index contributed by atoms with van der Waals surface area (Å²) in [5.41, 5.74) is 0.157. The van der Waals surface area contributed by atoms with Gasteiger partial charge < -0.3 is 10.4 Å². The Morgan fingerprint density at radius 1 is 1.50 bits per heavy atom. The van der Waals surface area contributed by atoms with Gasteiger partial charge in [0.2, 0.25) is 5.78 Å². The molecular formula is C13H13BrFN3O6. The minimum Gasteiger partial charge on any atom is -0.478 e. The van der Waals surface area contributed by atoms with Crippen molar-refractivity contribution in [2.75, 3.05) is 5.32 Å². The number of anilines is 1. The molecule has 1 aromatic rings. The summed E-state index contributed by atoms with van der Waals surface area (Å²) in [5.74, 6) is -6.13. The Morgan fingerprint density at radius 3 is 2.67 bits per heavy atom. The number of nitro benzene ring substituents is 1. The molecule has 1 heterocycles. The van der Waals surface area contributed by atoms with E-state index in [0.29, 0.717) is 0 Å². The number of hydrogen-bond donors (Lipinski definition) is 3. The van der Waals surface area contributed by atoms with Gasteiger partial charge in [0.05, 0.1) is 10.6 Å². The molecule has 1 aliphatic heterocycles. The summed E-state index contributed by atoms with van der Waals surface area (Å²) in [6.07, 6.45) is -0.299. The van der Waals surface area contributed by atoms with E-state index in [1.807, 2.05) is 0 Å². The Kier molecular flexibility index (Phi) is 5.74. The molecule has 0 fully saturated rings. The van der Waals surface area contributed by atoms with E-state index in [2.05, 4.69) is 10.6 Å². The fourth-order valence-electron chi connectivity index (χ4n) is 2.07. The number of carbonyl (C=O) groups is 3. The maximum atomic E-state index is 13.7. The van der Waals surface area contributed by atoms with Crippen LogP contribution >= 0.6 is 17.0 Å². The van der Waals surface area contributed by atoms with Crippen molar-refractivity contribution in [1.82, 2.24) is 5.32 Å². The van der Waals surface area contributed by atoms with Gasteiger partial charge in [-0.2, -0.15) is 0 Å². The summed E-state index contributed by atoms with van der Waals surface area (Å²) < 4.78 is 13.7. The van der Waals surface area contributed by atoms with E-state index in [9.17, 15) is 28.9 Å². The lowest BCUT2D eigenvalue weighted by molar-refractivity contribution is -0.384. The number of carbonyl (C=O) groups excluding carboxylic acids is 2. The number of nitro groups is 1. The maximum Gasteiger partial charge on any atom is 0.356 e. The maximum absolute atomic E-state index is 13.7. The van der Waals surface area contributed by atoms with E-state index >= 15 is 0 Å². The summed E-state index contributed by atoms with van der Waals surface area (Å²) >= 11 is 0. The number of nitrogens with one attached hydrogen (secondary N) is 2. The van der Waals surface area contributed by atoms with Crippen molar-refractivity contribution in [2.45, 2.75) is 25.7 Å². The first-order chi connectivity index (χ1) is 10.6. The zero-order valence-electron chi connectivity index (χ0n) is 12.3. The van der Waals surface area contributed by atoms with Crippen LogP contribution < -0.4 is 10.6 Å². The first-order valence-electron chi connectivity index (χ1n) is 6.43. The topological polar surface area (TPSA) is 139 Å². The van der Waals surface area contributed by atoms with Gasteiger partial charge in [-0.3, -0.25) is 25.0 Å². The highest BCUT2D eigenvalue weighted by molar-refractivity contribution is 8.93. The van der Waals surface area contributed by atoms with Gasteiger partial charge >= 0.3 is 5.97 Å². The van der Waals surface area contributed by atoms with E-state index in [0.717, 1.165) is 19.1 Å². The molecule has 3 N–H and O–H groups in total. The van der Waals surface area contributed by atoms with Crippen LogP contribution in [0.15, 0.2) is 12.1 Å². The Hall–Kier alpha value is -2.40. The second-order valence-corrected chi connectivity index (χ2v) is 5.10. The number of benzene rings is 1. The number of fused-ring (bicyclic) bond motifs is 1. The van der Waals surface area contributed by atoms with Crippen molar-refractivity contribution < 1.29 is 28.8 Å². The highest BCUT2D eigenvalue weighted by atomic mass is 79.9. The highest BCUT2D eigenvalue weighted by Gasteiger charge is 2.33. The predicted octanol–water partition coefficient (Wildman–Crippen LogP) is 1.10. The highest BCUT2D eigenvalue weighted by Crippen LogP contribution is 2.30. The molecular weight excluding hydrogens is 393 g/mol. The average molecular weight is 406 g/mol. The van der Waals surface area contributed by atoms with Crippen LogP contribution in [0, 0.1) is 10.1 Å². The van der Waals surface area contributed by atoms with E-state index < -0.39 is 28.4 Å². The number of rotatable bonds is 5. The average Bonchev–Trinajstić information content (AvgIpc) is 2.45. The molecule has 1 aromatic carbocycles. The largest absolute Gasteiger partial charge is 0.478 e. The predicted molar refractivity (Wildman–Crippen MR) is 84.7 cm³/mol. The molecule has 0 aromatic heterocycles. The zero-order valence-corrected chi connectivity index (χ0v) is 14.0. The molecule has 130 valence electrons. The molecule has 1 amide bonds. The fourth-order valence-corrected chi connectivity index (χ4v) is 2.07. The number of nitrogens with zero attached hydrogens (tertiary/aromatic N) is 1. The summed E-state index contributed by atoms with van der Waals surface area (Å²) in [7, 11) is 0. The first kappa shape index (κ1) is 19.6. The molecule has 0 radical (unpaired) electrons. The number of ketones is 1. The van der Waals surface area contributed by atoms with Crippen LogP contribution in [0.5, 0.6) is 0 Å². The molecule has 0 saturated heterocycles. The standard InChI is InChI=1S/C13H12FN3O6.BrH/c1-13(14,12(20)21)15-5-6-2-7(17(22)23)3-9-8(6)4-10(18)11(19)16-9;/h2-3,15H,4-5H2,1H3,(H,16,19)(H,20,21);1H/t13-;/m0./s1. The third-order valence-electron chi connectivity index (χ3n) is 3.39. The van der Waals surface area contributed by atoms with Crippen LogP contribution in [0.3, 0.4) is 0 Å². The summed E-state index contributed by atoms with van der Waals surface area (Å²) in [6.45, 7) is 0.415. The Morgan fingerprint density at radius 2 is 2.12 bits per heavy atom. The normalized spacial score (nSPS) is 15.6. The van der Waals surface area contributed by atoms with E-state index in [1.54, 1.807) is 0 Å². The molecule has 1 aliphatic rings. The number of carboxylic acids is 1. The summed E-state index contributed by atoms with van der Waals surface area (Å²) in [4.78, 5) is 43.8. The quantitative estimate of drug-likeness (QED) is 0.288. The molecule has 0 spiro atoms. The molecule has 24 heavy (non-hydrogen) atoms. The summed E-state index contributed by atoms with van der Waals surface area (Å²) in [5, 5.41) is 24.0. The van der Waals surface area contributed by atoms with Crippen LogP contribution in [0.4, 0.5) is 15.8 Å². The van der Waals surface area contributed by atoms with Crippen LogP contribution in [-0.4, -0.2) is 33.5 Å². The van der Waals surface area contributed by atoms with Gasteiger partial charge in [0.1, 0.15) is 0 Å². The van der Waals surface area contributed by atoms with Crippen molar-refractivity contribution in [1.29, 1.82) is 0 Å². The number of aliphatic carboxylic acids is 1.